The van der Waals surface area contributed by atoms with Gasteiger partial charge in [0.2, 0.25) is 0 Å². The predicted octanol–water partition coefficient (Wildman–Crippen LogP) is 2.73. The highest BCUT2D eigenvalue weighted by Gasteiger charge is 2.49. The van der Waals surface area contributed by atoms with Crippen LogP contribution in [-0.4, -0.2) is 24.5 Å². The first-order valence-corrected chi connectivity index (χ1v) is 8.23. The van der Waals surface area contributed by atoms with Crippen LogP contribution < -0.4 is 15.0 Å². The van der Waals surface area contributed by atoms with Crippen molar-refractivity contribution in [3.05, 3.63) is 59.2 Å². The van der Waals surface area contributed by atoms with Crippen LogP contribution in [0.1, 0.15) is 23.6 Å². The van der Waals surface area contributed by atoms with Gasteiger partial charge in [-0.25, -0.2) is 0 Å². The Morgan fingerprint density at radius 2 is 1.92 bits per heavy atom. The first-order chi connectivity index (χ1) is 11.8. The Balaban J connectivity index is 1.83. The molecule has 0 radical (unpaired) electrons. The van der Waals surface area contributed by atoms with Gasteiger partial charge in [0.15, 0.2) is 0 Å². The molecule has 1 heterocycles. The highest BCUT2D eigenvalue weighted by Crippen LogP contribution is 2.37. The lowest BCUT2D eigenvalue weighted by atomic mass is 9.99. The van der Waals surface area contributed by atoms with E-state index in [0.717, 1.165) is 16.7 Å². The normalized spacial score (nSPS) is 19.2. The number of nitrogens with one attached hydrogen (secondary N) is 1. The number of amides is 2. The Morgan fingerprint density at radius 1 is 1.20 bits per heavy atom. The molecule has 5 nitrogen and oxygen atoms in total. The zero-order valence-corrected chi connectivity index (χ0v) is 14.9. The molecule has 25 heavy (non-hydrogen) atoms. The smallest absolute Gasteiger partial charge is 0.280 e. The molecule has 0 aromatic heterocycles. The Kier molecular flexibility index (Phi) is 4.25. The Morgan fingerprint density at radius 3 is 2.64 bits per heavy atom. The third kappa shape index (κ3) is 2.97. The topological polar surface area (TPSA) is 58.6 Å². The summed E-state index contributed by atoms with van der Waals surface area (Å²) in [7, 11) is 1.66. The van der Waals surface area contributed by atoms with Crippen molar-refractivity contribution in [1.29, 1.82) is 0 Å². The number of hydrogen-bond donors (Lipinski definition) is 1. The lowest BCUT2D eigenvalue weighted by molar-refractivity contribution is -0.148. The van der Waals surface area contributed by atoms with Gasteiger partial charge in [-0.05, 0) is 49.6 Å². The molecule has 1 unspecified atom stereocenters. The van der Waals surface area contributed by atoms with Crippen LogP contribution in [0.25, 0.3) is 0 Å². The quantitative estimate of drug-likeness (QED) is 0.876. The molecule has 1 aliphatic heterocycles. The Bertz CT molecular complexity index is 847. The maximum Gasteiger partial charge on any atom is 0.280 e. The third-order valence-electron chi connectivity index (χ3n) is 4.64. The maximum absolute atomic E-state index is 12.8. The van der Waals surface area contributed by atoms with Crippen LogP contribution in [-0.2, 0) is 16.1 Å². The minimum Gasteiger partial charge on any atom is -0.466 e. The zero-order valence-electron chi connectivity index (χ0n) is 14.9. The van der Waals surface area contributed by atoms with Crippen molar-refractivity contribution in [2.24, 2.45) is 0 Å². The molecule has 0 fully saturated rings. The van der Waals surface area contributed by atoms with Crippen LogP contribution in [0.15, 0.2) is 42.5 Å². The van der Waals surface area contributed by atoms with E-state index >= 15 is 0 Å². The van der Waals surface area contributed by atoms with Crippen LogP contribution in [0.2, 0.25) is 0 Å². The van der Waals surface area contributed by atoms with Crippen LogP contribution in [0.3, 0.4) is 0 Å². The van der Waals surface area contributed by atoms with Crippen molar-refractivity contribution in [2.45, 2.75) is 32.9 Å². The van der Waals surface area contributed by atoms with E-state index in [2.05, 4.69) is 5.32 Å². The van der Waals surface area contributed by atoms with Crippen LogP contribution in [0.5, 0.6) is 5.75 Å². The molecule has 0 saturated heterocycles. The number of benzene rings is 2. The van der Waals surface area contributed by atoms with E-state index in [4.69, 9.17) is 4.74 Å². The average molecular weight is 338 g/mol. The van der Waals surface area contributed by atoms with Crippen molar-refractivity contribution in [3.8, 4) is 5.75 Å². The third-order valence-corrected chi connectivity index (χ3v) is 4.64. The number of rotatable bonds is 3. The summed E-state index contributed by atoms with van der Waals surface area (Å²) in [6.45, 7) is 5.79. The number of likely N-dealkylation sites (N-methyl/N-ethyl adjacent to an activating group) is 1. The maximum atomic E-state index is 12.8. The first-order valence-electron chi connectivity index (χ1n) is 8.23. The lowest BCUT2D eigenvalue weighted by Gasteiger charge is -2.38. The molecular formula is C20H22N2O3. The standard InChI is InChI=1S/C20H22N2O3/c1-13-9-10-17-16(11-13)22(4)19(24)20(3,25-17)18(23)21-12-15-8-6-5-7-14(15)2/h5-11H,12H2,1-4H3,(H,21,23). The van der Waals surface area contributed by atoms with Crippen molar-refractivity contribution >= 4 is 17.5 Å². The van der Waals surface area contributed by atoms with Crippen molar-refractivity contribution in [3.63, 3.8) is 0 Å². The summed E-state index contributed by atoms with van der Waals surface area (Å²) in [6.07, 6.45) is 0. The number of nitrogens with zero attached hydrogens (tertiary/aromatic N) is 1. The largest absolute Gasteiger partial charge is 0.466 e. The fraction of sp³-hybridized carbons (Fsp3) is 0.300. The highest BCUT2D eigenvalue weighted by molar-refractivity contribution is 6.16. The summed E-state index contributed by atoms with van der Waals surface area (Å²) < 4.78 is 5.83. The van der Waals surface area contributed by atoms with E-state index in [0.29, 0.717) is 18.0 Å². The molecular weight excluding hydrogens is 316 g/mol. The first kappa shape index (κ1) is 17.0. The summed E-state index contributed by atoms with van der Waals surface area (Å²) in [5.74, 6) is -0.298. The van der Waals surface area contributed by atoms with Crippen LogP contribution >= 0.6 is 0 Å². The van der Waals surface area contributed by atoms with Gasteiger partial charge in [0, 0.05) is 13.6 Å². The van der Waals surface area contributed by atoms with E-state index in [-0.39, 0.29) is 5.91 Å². The van der Waals surface area contributed by atoms with Gasteiger partial charge in [-0.1, -0.05) is 30.3 Å². The Hall–Kier alpha value is -2.82. The van der Waals surface area contributed by atoms with Gasteiger partial charge in [0.05, 0.1) is 5.69 Å². The van der Waals surface area contributed by atoms with Gasteiger partial charge in [0.25, 0.3) is 17.4 Å². The molecule has 1 atom stereocenters. The molecule has 1 N–H and O–H groups in total. The van der Waals surface area contributed by atoms with Gasteiger partial charge < -0.3 is 15.0 Å². The van der Waals surface area contributed by atoms with Gasteiger partial charge in [-0.3, -0.25) is 9.59 Å². The molecule has 0 spiro atoms. The number of carbonyl (C=O) groups is 2. The summed E-state index contributed by atoms with van der Waals surface area (Å²) in [6, 6.07) is 13.4. The van der Waals surface area contributed by atoms with E-state index < -0.39 is 11.5 Å². The minimum absolute atomic E-state index is 0.349. The number of ether oxygens (including phenoxy) is 1. The summed E-state index contributed by atoms with van der Waals surface area (Å²) in [5.41, 5.74) is 2.21. The summed E-state index contributed by atoms with van der Waals surface area (Å²) >= 11 is 0. The van der Waals surface area contributed by atoms with Gasteiger partial charge in [-0.2, -0.15) is 0 Å². The van der Waals surface area contributed by atoms with E-state index in [1.165, 1.54) is 11.8 Å². The van der Waals surface area contributed by atoms with Gasteiger partial charge >= 0.3 is 0 Å². The molecule has 3 rings (SSSR count). The van der Waals surface area contributed by atoms with Crippen molar-refractivity contribution in [1.82, 2.24) is 5.32 Å². The van der Waals surface area contributed by atoms with Crippen molar-refractivity contribution in [2.75, 3.05) is 11.9 Å². The summed E-state index contributed by atoms with van der Waals surface area (Å²) in [4.78, 5) is 27.0. The van der Waals surface area contributed by atoms with E-state index in [1.807, 2.05) is 50.2 Å². The second kappa shape index (κ2) is 6.24. The van der Waals surface area contributed by atoms with Gasteiger partial charge in [-0.15, -0.1) is 0 Å². The molecule has 0 saturated carbocycles. The summed E-state index contributed by atoms with van der Waals surface area (Å²) in [5, 5.41) is 2.83. The predicted molar refractivity (Wildman–Crippen MR) is 96.6 cm³/mol. The molecule has 130 valence electrons. The molecule has 2 aromatic carbocycles. The lowest BCUT2D eigenvalue weighted by Crippen LogP contribution is -2.61. The monoisotopic (exact) mass is 338 g/mol. The minimum atomic E-state index is -1.58. The number of anilines is 1. The molecule has 0 aliphatic carbocycles. The SMILES string of the molecule is Cc1ccc2c(c1)N(C)C(=O)C(C)(C(=O)NCc1ccccc1C)O2. The fourth-order valence-electron chi connectivity index (χ4n) is 2.96. The average Bonchev–Trinajstić information content (AvgIpc) is 2.59. The molecule has 2 amide bonds. The second-order valence-electron chi connectivity index (χ2n) is 6.58. The molecule has 1 aliphatic rings. The van der Waals surface area contributed by atoms with Crippen LogP contribution in [0, 0.1) is 13.8 Å². The van der Waals surface area contributed by atoms with E-state index in [9.17, 15) is 9.59 Å². The van der Waals surface area contributed by atoms with Gasteiger partial charge in [0.1, 0.15) is 5.75 Å². The molecule has 2 aromatic rings. The van der Waals surface area contributed by atoms with E-state index in [1.54, 1.807) is 13.1 Å². The number of fused-ring (bicyclic) bond motifs is 1. The fourth-order valence-corrected chi connectivity index (χ4v) is 2.96. The number of hydrogen-bond acceptors (Lipinski definition) is 3. The van der Waals surface area contributed by atoms with Crippen LogP contribution in [0.4, 0.5) is 5.69 Å². The number of carbonyl (C=O) groups excluding carboxylic acids is 2. The highest BCUT2D eigenvalue weighted by atomic mass is 16.5. The number of aryl methyl sites for hydroxylation is 2. The molecule has 5 heteroatoms. The second-order valence-corrected chi connectivity index (χ2v) is 6.58. The van der Waals surface area contributed by atoms with Crippen molar-refractivity contribution < 1.29 is 14.3 Å². The Labute approximate surface area is 147 Å². The molecule has 0 bridgehead atoms. The zero-order chi connectivity index (χ0) is 18.2.